The molecule has 0 aliphatic heterocycles. The Hall–Kier alpha value is -2.67. The number of aliphatic carboxylic acids is 1. The predicted molar refractivity (Wildman–Crippen MR) is 112 cm³/mol. The highest BCUT2D eigenvalue weighted by Gasteiger charge is 2.36. The molecule has 2 aromatic rings. The highest BCUT2D eigenvalue weighted by molar-refractivity contribution is 7.17. The number of carboxylic acid groups (broad SMARTS) is 1. The Bertz CT molecular complexity index is 931. The molecule has 6 nitrogen and oxygen atoms in total. The van der Waals surface area contributed by atoms with Crippen molar-refractivity contribution in [2.45, 2.75) is 39.5 Å². The van der Waals surface area contributed by atoms with Crippen molar-refractivity contribution in [2.24, 2.45) is 11.8 Å². The molecule has 0 spiro atoms. The second-order valence-corrected chi connectivity index (χ2v) is 8.64. The van der Waals surface area contributed by atoms with E-state index < -0.39 is 23.8 Å². The van der Waals surface area contributed by atoms with Gasteiger partial charge in [-0.15, -0.1) is 11.3 Å². The van der Waals surface area contributed by atoms with Gasteiger partial charge >= 0.3 is 11.9 Å². The minimum absolute atomic E-state index is 0.315. The average molecular weight is 416 g/mol. The van der Waals surface area contributed by atoms with E-state index in [0.717, 1.165) is 34.4 Å². The van der Waals surface area contributed by atoms with Gasteiger partial charge in [0.25, 0.3) is 0 Å². The predicted octanol–water partition coefficient (Wildman–Crippen LogP) is 4.65. The molecule has 3 rings (SSSR count). The zero-order valence-electron chi connectivity index (χ0n) is 16.8. The van der Waals surface area contributed by atoms with E-state index >= 15 is 0 Å². The third-order valence-corrected chi connectivity index (χ3v) is 6.49. The van der Waals surface area contributed by atoms with Gasteiger partial charge in [0.15, 0.2) is 0 Å². The average Bonchev–Trinajstić information content (AvgIpc) is 3.03. The summed E-state index contributed by atoms with van der Waals surface area (Å²) in [7, 11) is 1.31. The number of thiophene rings is 1. The van der Waals surface area contributed by atoms with E-state index in [1.165, 1.54) is 18.4 Å². The molecule has 7 heteroatoms. The summed E-state index contributed by atoms with van der Waals surface area (Å²) >= 11 is 1.31. The molecular formula is C22H25NO5S. The van der Waals surface area contributed by atoms with E-state index in [-0.39, 0.29) is 5.91 Å². The van der Waals surface area contributed by atoms with E-state index in [1.807, 2.05) is 38.1 Å². The molecule has 2 atom stereocenters. The molecule has 0 radical (unpaired) electrons. The number of amides is 1. The summed E-state index contributed by atoms with van der Waals surface area (Å²) in [5.74, 6) is -3.11. The highest BCUT2D eigenvalue weighted by Crippen LogP contribution is 2.41. The minimum Gasteiger partial charge on any atom is -0.481 e. The molecule has 1 amide bonds. The van der Waals surface area contributed by atoms with Crippen LogP contribution in [0.25, 0.3) is 11.1 Å². The number of carbonyl (C=O) groups excluding carboxylic acids is 2. The monoisotopic (exact) mass is 415 g/mol. The van der Waals surface area contributed by atoms with Gasteiger partial charge in [-0.2, -0.15) is 0 Å². The Balaban J connectivity index is 1.98. The summed E-state index contributed by atoms with van der Waals surface area (Å²) in [5.41, 5.74) is 3.02. The zero-order chi connectivity index (χ0) is 21.1. The fraction of sp³-hybridized carbons (Fsp3) is 0.409. The maximum atomic E-state index is 12.9. The molecule has 1 aromatic carbocycles. The van der Waals surface area contributed by atoms with E-state index in [9.17, 15) is 19.5 Å². The maximum Gasteiger partial charge on any atom is 0.341 e. The number of rotatable bonds is 5. The maximum absolute atomic E-state index is 12.9. The Morgan fingerprint density at radius 2 is 1.69 bits per heavy atom. The van der Waals surface area contributed by atoms with Gasteiger partial charge in [-0.1, -0.05) is 42.7 Å². The lowest BCUT2D eigenvalue weighted by molar-refractivity contribution is -0.147. The largest absolute Gasteiger partial charge is 0.481 e. The van der Waals surface area contributed by atoms with E-state index in [4.69, 9.17) is 4.74 Å². The quantitative estimate of drug-likeness (QED) is 0.694. The van der Waals surface area contributed by atoms with Crippen LogP contribution in [0.15, 0.2) is 24.3 Å². The molecule has 2 N–H and O–H groups in total. The molecule has 154 valence electrons. The van der Waals surface area contributed by atoms with Crippen molar-refractivity contribution in [2.75, 3.05) is 12.4 Å². The summed E-state index contributed by atoms with van der Waals surface area (Å²) in [6.45, 7) is 3.88. The number of carbonyl (C=O) groups is 3. The van der Waals surface area contributed by atoms with Crippen molar-refractivity contribution in [1.29, 1.82) is 0 Å². The lowest BCUT2D eigenvalue weighted by atomic mass is 9.78. The Morgan fingerprint density at radius 1 is 1.07 bits per heavy atom. The van der Waals surface area contributed by atoms with Crippen LogP contribution < -0.4 is 5.32 Å². The number of ether oxygens (including phenoxy) is 1. The van der Waals surface area contributed by atoms with Gasteiger partial charge in [-0.25, -0.2) is 4.79 Å². The van der Waals surface area contributed by atoms with Crippen LogP contribution >= 0.6 is 11.3 Å². The Morgan fingerprint density at radius 3 is 2.28 bits per heavy atom. The van der Waals surface area contributed by atoms with Gasteiger partial charge in [0.1, 0.15) is 10.6 Å². The number of esters is 1. The Labute approximate surface area is 173 Å². The number of hydrogen-bond donors (Lipinski definition) is 2. The highest BCUT2D eigenvalue weighted by atomic mass is 32.1. The van der Waals surface area contributed by atoms with Gasteiger partial charge in [-0.3, -0.25) is 9.59 Å². The molecule has 1 aliphatic rings. The standard InChI is InChI=1S/C22H25NO5S/c1-12-8-10-14(11-9-12)17-13(2)29-20(18(17)22(27)28-3)23-19(24)15-6-4-5-7-16(15)21(25)26/h8-11,15-16H,4-7H2,1-3H3,(H,23,24)(H,25,26)/t15-,16+/m1/s1. The molecule has 29 heavy (non-hydrogen) atoms. The van der Waals surface area contributed by atoms with Gasteiger partial charge in [-0.05, 0) is 32.3 Å². The SMILES string of the molecule is COC(=O)c1c(NC(=O)[C@@H]2CCCC[C@@H]2C(=O)O)sc(C)c1-c1ccc(C)cc1. The number of hydrogen-bond acceptors (Lipinski definition) is 5. The van der Waals surface area contributed by atoms with Crippen molar-refractivity contribution in [1.82, 2.24) is 0 Å². The molecule has 0 unspecified atom stereocenters. The van der Waals surface area contributed by atoms with Crippen LogP contribution in [-0.4, -0.2) is 30.1 Å². The normalized spacial score (nSPS) is 18.9. The zero-order valence-corrected chi connectivity index (χ0v) is 17.6. The summed E-state index contributed by atoms with van der Waals surface area (Å²) in [6.07, 6.45) is 2.66. The third-order valence-electron chi connectivity index (χ3n) is 5.47. The van der Waals surface area contributed by atoms with Crippen LogP contribution in [0.2, 0.25) is 0 Å². The first-order valence-corrected chi connectivity index (χ1v) is 10.5. The van der Waals surface area contributed by atoms with Crippen LogP contribution in [0.4, 0.5) is 5.00 Å². The number of nitrogens with one attached hydrogen (secondary N) is 1. The lowest BCUT2D eigenvalue weighted by Crippen LogP contribution is -2.36. The van der Waals surface area contributed by atoms with Crippen LogP contribution in [0.5, 0.6) is 0 Å². The molecule has 1 aliphatic carbocycles. The first-order chi connectivity index (χ1) is 13.8. The van der Waals surface area contributed by atoms with Crippen LogP contribution in [0.3, 0.4) is 0 Å². The lowest BCUT2D eigenvalue weighted by Gasteiger charge is -2.27. The molecule has 1 saturated carbocycles. The first-order valence-electron chi connectivity index (χ1n) is 9.66. The second kappa shape index (κ2) is 8.78. The van der Waals surface area contributed by atoms with Gasteiger partial charge in [0.05, 0.1) is 18.9 Å². The van der Waals surface area contributed by atoms with Crippen molar-refractivity contribution in [3.8, 4) is 11.1 Å². The number of aryl methyl sites for hydroxylation is 2. The topological polar surface area (TPSA) is 92.7 Å². The van der Waals surface area contributed by atoms with Crippen molar-refractivity contribution >= 4 is 34.2 Å². The number of carboxylic acids is 1. The number of methoxy groups -OCH3 is 1. The Kier molecular flexibility index (Phi) is 6.37. The summed E-state index contributed by atoms with van der Waals surface area (Å²) < 4.78 is 4.98. The summed E-state index contributed by atoms with van der Waals surface area (Å²) in [6, 6.07) is 7.80. The minimum atomic E-state index is -0.944. The second-order valence-electron chi connectivity index (χ2n) is 7.42. The van der Waals surface area contributed by atoms with Gasteiger partial charge < -0.3 is 15.2 Å². The summed E-state index contributed by atoms with van der Waals surface area (Å²) in [4.78, 5) is 37.9. The van der Waals surface area contributed by atoms with Crippen LogP contribution in [0, 0.1) is 25.7 Å². The van der Waals surface area contributed by atoms with Crippen molar-refractivity contribution in [3.63, 3.8) is 0 Å². The van der Waals surface area contributed by atoms with Crippen molar-refractivity contribution < 1.29 is 24.2 Å². The third kappa shape index (κ3) is 4.34. The smallest absolute Gasteiger partial charge is 0.341 e. The first kappa shape index (κ1) is 21.0. The summed E-state index contributed by atoms with van der Waals surface area (Å²) in [5, 5.41) is 12.7. The van der Waals surface area contributed by atoms with E-state index in [0.29, 0.717) is 23.4 Å². The fourth-order valence-electron chi connectivity index (χ4n) is 3.94. The van der Waals surface area contributed by atoms with Gasteiger partial charge in [0, 0.05) is 10.4 Å². The molecule has 1 fully saturated rings. The van der Waals surface area contributed by atoms with E-state index in [2.05, 4.69) is 5.32 Å². The number of benzene rings is 1. The molecule has 0 bridgehead atoms. The van der Waals surface area contributed by atoms with Crippen molar-refractivity contribution in [3.05, 3.63) is 40.3 Å². The van der Waals surface area contributed by atoms with Crippen LogP contribution in [0.1, 0.15) is 46.5 Å². The molecule has 1 aromatic heterocycles. The molecule has 0 saturated heterocycles. The fourth-order valence-corrected chi connectivity index (χ4v) is 5.01. The van der Waals surface area contributed by atoms with Gasteiger partial charge in [0.2, 0.25) is 5.91 Å². The molecular weight excluding hydrogens is 390 g/mol. The molecule has 1 heterocycles. The van der Waals surface area contributed by atoms with E-state index in [1.54, 1.807) is 0 Å². The van der Waals surface area contributed by atoms with Crippen LogP contribution in [-0.2, 0) is 14.3 Å². The number of anilines is 1.